The van der Waals surface area contributed by atoms with Crippen molar-refractivity contribution in [1.29, 1.82) is 0 Å². The number of aromatic hydroxyl groups is 2. The summed E-state index contributed by atoms with van der Waals surface area (Å²) in [5, 5.41) is 19.3. The molecule has 2 N–H and O–H groups in total. The van der Waals surface area contributed by atoms with E-state index >= 15 is 0 Å². The zero-order valence-electron chi connectivity index (χ0n) is 13.6. The summed E-state index contributed by atoms with van der Waals surface area (Å²) in [5.41, 5.74) is 4.98. The van der Waals surface area contributed by atoms with E-state index < -0.39 is 0 Å². The third-order valence-corrected chi connectivity index (χ3v) is 4.75. The third kappa shape index (κ3) is 3.58. The molecule has 0 spiro atoms. The van der Waals surface area contributed by atoms with Crippen molar-refractivity contribution in [3.05, 3.63) is 65.2 Å². The summed E-state index contributed by atoms with van der Waals surface area (Å²) in [4.78, 5) is 0. The molecule has 0 aliphatic heterocycles. The van der Waals surface area contributed by atoms with Gasteiger partial charge in [-0.2, -0.15) is 0 Å². The number of rotatable bonds is 4. The topological polar surface area (TPSA) is 40.5 Å². The molecule has 0 fully saturated rings. The van der Waals surface area contributed by atoms with Gasteiger partial charge >= 0.3 is 0 Å². The first-order valence-corrected chi connectivity index (χ1v) is 8.47. The van der Waals surface area contributed by atoms with Gasteiger partial charge in [0.1, 0.15) is 11.5 Å². The molecule has 2 aromatic carbocycles. The van der Waals surface area contributed by atoms with Crippen LogP contribution in [0.4, 0.5) is 0 Å². The maximum Gasteiger partial charge on any atom is 0.118 e. The Bertz CT molecular complexity index is 698. The lowest BCUT2D eigenvalue weighted by Crippen LogP contribution is -2.04. The molecule has 0 bridgehead atoms. The van der Waals surface area contributed by atoms with Crippen molar-refractivity contribution < 1.29 is 10.2 Å². The van der Waals surface area contributed by atoms with E-state index in [1.807, 2.05) is 24.3 Å². The Morgan fingerprint density at radius 1 is 1.04 bits per heavy atom. The number of benzene rings is 2. The molecule has 0 saturated heterocycles. The third-order valence-electron chi connectivity index (χ3n) is 4.75. The van der Waals surface area contributed by atoms with Crippen molar-refractivity contribution >= 4 is 5.57 Å². The van der Waals surface area contributed by atoms with Crippen LogP contribution in [0.3, 0.4) is 0 Å². The normalized spacial score (nSPS) is 17.8. The molecule has 0 heterocycles. The van der Waals surface area contributed by atoms with Crippen molar-refractivity contribution in [2.45, 2.75) is 44.9 Å². The highest BCUT2D eigenvalue weighted by molar-refractivity contribution is 5.68. The molecule has 2 nitrogen and oxygen atoms in total. The van der Waals surface area contributed by atoms with E-state index in [-0.39, 0.29) is 0 Å². The molecule has 0 radical (unpaired) electrons. The predicted molar refractivity (Wildman–Crippen MR) is 94.8 cm³/mol. The minimum atomic E-state index is 0.327. The Labute approximate surface area is 138 Å². The molecule has 3 rings (SSSR count). The van der Waals surface area contributed by atoms with Gasteiger partial charge in [0.25, 0.3) is 0 Å². The molecule has 1 aliphatic carbocycles. The maximum atomic E-state index is 9.94. The lowest BCUT2D eigenvalue weighted by Gasteiger charge is -2.23. The van der Waals surface area contributed by atoms with Crippen molar-refractivity contribution in [1.82, 2.24) is 0 Å². The summed E-state index contributed by atoms with van der Waals surface area (Å²) in [6.45, 7) is 2.13. The van der Waals surface area contributed by atoms with E-state index in [0.717, 1.165) is 37.7 Å². The van der Waals surface area contributed by atoms with Gasteiger partial charge in [0, 0.05) is 0 Å². The van der Waals surface area contributed by atoms with Gasteiger partial charge in [0.2, 0.25) is 0 Å². The quantitative estimate of drug-likeness (QED) is 0.793. The Balaban J connectivity index is 1.76. The Morgan fingerprint density at radius 2 is 1.83 bits per heavy atom. The highest BCUT2D eigenvalue weighted by Crippen LogP contribution is 2.37. The highest BCUT2D eigenvalue weighted by Gasteiger charge is 2.17. The largest absolute Gasteiger partial charge is 0.508 e. The fourth-order valence-corrected chi connectivity index (χ4v) is 3.40. The van der Waals surface area contributed by atoms with E-state index in [0.29, 0.717) is 17.4 Å². The van der Waals surface area contributed by atoms with Crippen LogP contribution in [-0.4, -0.2) is 10.2 Å². The fourth-order valence-electron chi connectivity index (χ4n) is 3.40. The van der Waals surface area contributed by atoms with Crippen molar-refractivity contribution in [3.63, 3.8) is 0 Å². The summed E-state index contributed by atoms with van der Waals surface area (Å²) < 4.78 is 0. The van der Waals surface area contributed by atoms with Crippen LogP contribution in [0.25, 0.3) is 5.57 Å². The molecule has 0 aromatic heterocycles. The number of phenols is 2. The first-order valence-electron chi connectivity index (χ1n) is 8.47. The van der Waals surface area contributed by atoms with E-state index in [1.54, 1.807) is 12.1 Å². The van der Waals surface area contributed by atoms with Gasteiger partial charge in [-0.3, -0.25) is 0 Å². The minimum Gasteiger partial charge on any atom is -0.508 e. The number of hydrogen-bond donors (Lipinski definition) is 2. The molecule has 0 amide bonds. The summed E-state index contributed by atoms with van der Waals surface area (Å²) in [7, 11) is 0. The van der Waals surface area contributed by atoms with E-state index in [4.69, 9.17) is 0 Å². The van der Waals surface area contributed by atoms with Crippen LogP contribution in [-0.2, 0) is 6.42 Å². The van der Waals surface area contributed by atoms with Crippen LogP contribution < -0.4 is 0 Å². The maximum absolute atomic E-state index is 9.94. The number of aryl methyl sites for hydroxylation is 1. The molecule has 1 unspecified atom stereocenters. The average molecular weight is 308 g/mol. The van der Waals surface area contributed by atoms with Crippen molar-refractivity contribution in [2.24, 2.45) is 0 Å². The first-order chi connectivity index (χ1) is 11.2. The molecule has 120 valence electrons. The number of phenolic OH excluding ortho intramolecular Hbond substituents is 2. The van der Waals surface area contributed by atoms with Crippen LogP contribution in [0, 0.1) is 0 Å². The molecule has 0 saturated carbocycles. The molecule has 1 aliphatic rings. The molecule has 2 heteroatoms. The molecular weight excluding hydrogens is 284 g/mol. The Hall–Kier alpha value is -2.22. The lowest BCUT2D eigenvalue weighted by molar-refractivity contribution is 0.467. The van der Waals surface area contributed by atoms with E-state index in [1.165, 1.54) is 16.7 Å². The highest BCUT2D eigenvalue weighted by atomic mass is 16.3. The van der Waals surface area contributed by atoms with Gasteiger partial charge in [0.15, 0.2) is 0 Å². The van der Waals surface area contributed by atoms with Crippen LogP contribution in [0.5, 0.6) is 11.5 Å². The summed E-state index contributed by atoms with van der Waals surface area (Å²) in [5.74, 6) is 1.27. The van der Waals surface area contributed by atoms with Crippen molar-refractivity contribution in [2.75, 3.05) is 0 Å². The van der Waals surface area contributed by atoms with Crippen LogP contribution in [0.2, 0.25) is 0 Å². The van der Waals surface area contributed by atoms with Crippen LogP contribution >= 0.6 is 0 Å². The van der Waals surface area contributed by atoms with Gasteiger partial charge < -0.3 is 10.2 Å². The predicted octanol–water partition coefficient (Wildman–Crippen LogP) is 5.40. The lowest BCUT2D eigenvalue weighted by atomic mass is 9.82. The van der Waals surface area contributed by atoms with Gasteiger partial charge in [-0.05, 0) is 78.1 Å². The first kappa shape index (κ1) is 15.7. The fraction of sp³-hybridized carbons (Fsp3) is 0.333. The molecule has 1 atom stereocenters. The minimum absolute atomic E-state index is 0.327. The monoisotopic (exact) mass is 308 g/mol. The van der Waals surface area contributed by atoms with Gasteiger partial charge in [-0.25, -0.2) is 0 Å². The number of hydrogen-bond acceptors (Lipinski definition) is 2. The van der Waals surface area contributed by atoms with Crippen LogP contribution in [0.1, 0.15) is 55.2 Å². The Kier molecular flexibility index (Phi) is 4.71. The molecule has 23 heavy (non-hydrogen) atoms. The van der Waals surface area contributed by atoms with Gasteiger partial charge in [0.05, 0.1) is 0 Å². The number of allylic oxidation sites excluding steroid dienone is 2. The Morgan fingerprint density at radius 3 is 2.48 bits per heavy atom. The second kappa shape index (κ2) is 6.91. The van der Waals surface area contributed by atoms with Gasteiger partial charge in [-0.15, -0.1) is 0 Å². The van der Waals surface area contributed by atoms with E-state index in [9.17, 15) is 10.2 Å². The summed E-state index contributed by atoms with van der Waals surface area (Å²) in [6, 6.07) is 13.6. The van der Waals surface area contributed by atoms with Crippen LogP contribution in [0.15, 0.2) is 48.5 Å². The van der Waals surface area contributed by atoms with E-state index in [2.05, 4.69) is 19.1 Å². The molecular formula is C21H24O2. The summed E-state index contributed by atoms with van der Waals surface area (Å²) >= 11 is 0. The smallest absolute Gasteiger partial charge is 0.118 e. The van der Waals surface area contributed by atoms with Crippen molar-refractivity contribution in [3.8, 4) is 11.5 Å². The SMILES string of the molecule is CCCc1cc(C2=CCC(c3ccc(O)cc3)CC2)ccc1O. The second-order valence-electron chi connectivity index (χ2n) is 6.39. The standard InChI is InChI=1S/C21H24O2/c1-2-3-19-14-18(10-13-21(19)23)17-6-4-15(5-7-17)16-8-11-20(22)12-9-16/h6,8-15,22-23H,2-5,7H2,1H3. The zero-order valence-corrected chi connectivity index (χ0v) is 13.6. The molecule has 2 aromatic rings. The summed E-state index contributed by atoms with van der Waals surface area (Å²) in [6.07, 6.45) is 7.51. The van der Waals surface area contributed by atoms with Gasteiger partial charge in [-0.1, -0.05) is 37.6 Å². The second-order valence-corrected chi connectivity index (χ2v) is 6.39. The average Bonchev–Trinajstić information content (AvgIpc) is 2.58. The zero-order chi connectivity index (χ0) is 16.2.